The van der Waals surface area contributed by atoms with Crippen LogP contribution in [0.3, 0.4) is 0 Å². The van der Waals surface area contributed by atoms with Gasteiger partial charge in [0.15, 0.2) is 4.80 Å². The van der Waals surface area contributed by atoms with Crippen LogP contribution in [0.4, 0.5) is 0 Å². The Hall–Kier alpha value is -1.75. The van der Waals surface area contributed by atoms with Crippen molar-refractivity contribution in [1.29, 1.82) is 5.41 Å². The second-order valence-corrected chi connectivity index (χ2v) is 6.41. The maximum Gasteiger partial charge on any atom is 0.187 e. The molecule has 0 atom stereocenters. The van der Waals surface area contributed by atoms with Crippen LogP contribution in [0.1, 0.15) is 0 Å². The molecule has 0 aliphatic rings. The monoisotopic (exact) mass is 350 g/mol. The van der Waals surface area contributed by atoms with E-state index < -0.39 is 0 Å². The van der Waals surface area contributed by atoms with Crippen LogP contribution in [0.2, 0.25) is 10.0 Å². The third-order valence-electron chi connectivity index (χ3n) is 3.23. The average molecular weight is 351 g/mol. The van der Waals surface area contributed by atoms with Crippen molar-refractivity contribution >= 4 is 34.5 Å². The number of ether oxygens (including phenoxy) is 1. The number of nitrogens with zero attached hydrogens (tertiary/aromatic N) is 1. The molecule has 0 spiro atoms. The zero-order valence-corrected chi connectivity index (χ0v) is 14.0. The third kappa shape index (κ3) is 2.77. The summed E-state index contributed by atoms with van der Waals surface area (Å²) in [6.07, 6.45) is 1.91. The predicted octanol–water partition coefficient (Wildman–Crippen LogP) is 5.00. The number of hydrogen-bond acceptors (Lipinski definition) is 3. The normalized spacial score (nSPS) is 10.7. The lowest BCUT2D eigenvalue weighted by atomic mass is 10.2. The van der Waals surface area contributed by atoms with Crippen LogP contribution >= 0.6 is 34.5 Å². The molecular weight excluding hydrogens is 339 g/mol. The van der Waals surface area contributed by atoms with Gasteiger partial charge in [-0.15, -0.1) is 0 Å². The lowest BCUT2D eigenvalue weighted by Gasteiger charge is -2.06. The summed E-state index contributed by atoms with van der Waals surface area (Å²) in [4.78, 5) is 1.35. The summed E-state index contributed by atoms with van der Waals surface area (Å²) in [5, 5.41) is 9.16. The highest BCUT2D eigenvalue weighted by Gasteiger charge is 2.11. The fourth-order valence-electron chi connectivity index (χ4n) is 2.15. The van der Waals surface area contributed by atoms with Gasteiger partial charge in [-0.25, -0.2) is 0 Å². The summed E-state index contributed by atoms with van der Waals surface area (Å²) in [7, 11) is 1.64. The molecule has 3 aromatic rings. The largest absolute Gasteiger partial charge is 0.496 e. The van der Waals surface area contributed by atoms with Gasteiger partial charge in [-0.1, -0.05) is 46.7 Å². The molecule has 0 unspecified atom stereocenters. The van der Waals surface area contributed by atoms with Gasteiger partial charge in [0.25, 0.3) is 0 Å². The summed E-state index contributed by atoms with van der Waals surface area (Å²) < 4.78 is 7.16. The molecule has 1 heterocycles. The molecule has 2 aromatic carbocycles. The summed E-state index contributed by atoms with van der Waals surface area (Å²) in [6, 6.07) is 13.1. The quantitative estimate of drug-likeness (QED) is 0.708. The predicted molar refractivity (Wildman–Crippen MR) is 91.5 cm³/mol. The Morgan fingerprint density at radius 2 is 1.86 bits per heavy atom. The van der Waals surface area contributed by atoms with E-state index in [4.69, 9.17) is 33.3 Å². The number of para-hydroxylation sites is 1. The molecule has 112 valence electrons. The van der Waals surface area contributed by atoms with E-state index in [9.17, 15) is 0 Å². The van der Waals surface area contributed by atoms with Crippen LogP contribution in [0.25, 0.3) is 16.1 Å². The molecule has 6 heteroatoms. The number of aromatic nitrogens is 1. The van der Waals surface area contributed by atoms with E-state index >= 15 is 0 Å². The average Bonchev–Trinajstić information content (AvgIpc) is 2.92. The Balaban J connectivity index is 2.11. The molecule has 0 fully saturated rings. The van der Waals surface area contributed by atoms with Crippen molar-refractivity contribution in [3.05, 3.63) is 63.5 Å². The number of benzene rings is 2. The van der Waals surface area contributed by atoms with E-state index in [1.807, 2.05) is 36.5 Å². The molecule has 0 radical (unpaired) electrons. The molecule has 0 amide bonds. The van der Waals surface area contributed by atoms with Crippen molar-refractivity contribution in [2.45, 2.75) is 0 Å². The Morgan fingerprint density at radius 3 is 2.59 bits per heavy atom. The molecule has 3 rings (SSSR count). The third-order valence-corrected chi connectivity index (χ3v) is 4.90. The second-order valence-electron chi connectivity index (χ2n) is 4.57. The number of methoxy groups -OCH3 is 1. The lowest BCUT2D eigenvalue weighted by molar-refractivity contribution is 0.416. The summed E-state index contributed by atoms with van der Waals surface area (Å²) >= 11 is 13.4. The molecule has 3 nitrogen and oxygen atoms in total. The molecule has 0 saturated heterocycles. The van der Waals surface area contributed by atoms with Gasteiger partial charge in [-0.2, -0.15) is 0 Å². The SMILES string of the molecule is COc1ccccc1-c1cn(-c2ccc(Cl)c(Cl)c2)c(=N)s1. The lowest BCUT2D eigenvalue weighted by Crippen LogP contribution is -2.09. The van der Waals surface area contributed by atoms with Crippen molar-refractivity contribution in [2.24, 2.45) is 0 Å². The van der Waals surface area contributed by atoms with Crippen molar-refractivity contribution in [1.82, 2.24) is 4.57 Å². The number of hydrogen-bond donors (Lipinski definition) is 1. The van der Waals surface area contributed by atoms with Gasteiger partial charge in [0.2, 0.25) is 0 Å². The highest BCUT2D eigenvalue weighted by molar-refractivity contribution is 7.12. The van der Waals surface area contributed by atoms with E-state index in [2.05, 4.69) is 0 Å². The first-order valence-electron chi connectivity index (χ1n) is 6.46. The van der Waals surface area contributed by atoms with E-state index in [1.165, 1.54) is 11.3 Å². The van der Waals surface area contributed by atoms with Crippen LogP contribution in [-0.4, -0.2) is 11.7 Å². The zero-order valence-electron chi connectivity index (χ0n) is 11.6. The van der Waals surface area contributed by atoms with Gasteiger partial charge in [0.05, 0.1) is 22.0 Å². The first-order chi connectivity index (χ1) is 10.6. The second kappa shape index (κ2) is 6.16. The van der Waals surface area contributed by atoms with Crippen LogP contribution in [-0.2, 0) is 0 Å². The van der Waals surface area contributed by atoms with Crippen molar-refractivity contribution < 1.29 is 4.74 Å². The molecule has 1 aromatic heterocycles. The fourth-order valence-corrected chi connectivity index (χ4v) is 3.35. The van der Waals surface area contributed by atoms with Crippen LogP contribution < -0.4 is 9.54 Å². The number of nitrogens with one attached hydrogen (secondary N) is 1. The first kappa shape index (κ1) is 15.2. The van der Waals surface area contributed by atoms with Gasteiger partial charge in [-0.3, -0.25) is 9.98 Å². The minimum Gasteiger partial charge on any atom is -0.496 e. The van der Waals surface area contributed by atoms with Gasteiger partial charge in [0, 0.05) is 17.4 Å². The smallest absolute Gasteiger partial charge is 0.187 e. The molecule has 0 saturated carbocycles. The van der Waals surface area contributed by atoms with E-state index in [1.54, 1.807) is 23.8 Å². The van der Waals surface area contributed by atoms with Gasteiger partial charge < -0.3 is 4.74 Å². The Bertz CT molecular complexity index is 886. The number of rotatable bonds is 3. The van der Waals surface area contributed by atoms with Gasteiger partial charge in [-0.05, 0) is 30.3 Å². The maximum atomic E-state index is 8.19. The standard InChI is InChI=1S/C16H12Cl2N2OS/c1-21-14-5-3-2-4-11(14)15-9-20(16(19)22-15)10-6-7-12(17)13(18)8-10/h2-9,19H,1H3. The summed E-state index contributed by atoms with van der Waals surface area (Å²) in [5.74, 6) is 0.782. The van der Waals surface area contributed by atoms with Crippen molar-refractivity contribution in [3.63, 3.8) is 0 Å². The van der Waals surface area contributed by atoms with E-state index in [-0.39, 0.29) is 0 Å². The summed E-state index contributed by atoms with van der Waals surface area (Å²) in [6.45, 7) is 0. The maximum absolute atomic E-state index is 8.19. The highest BCUT2D eigenvalue weighted by Crippen LogP contribution is 2.32. The molecule has 0 aliphatic carbocycles. The first-order valence-corrected chi connectivity index (χ1v) is 8.03. The van der Waals surface area contributed by atoms with Crippen molar-refractivity contribution in [3.8, 4) is 21.9 Å². The number of halogens is 2. The Kier molecular flexibility index (Phi) is 4.25. The number of thiazole rings is 1. The van der Waals surface area contributed by atoms with Gasteiger partial charge in [0.1, 0.15) is 5.75 Å². The van der Waals surface area contributed by atoms with Crippen LogP contribution in [0, 0.1) is 5.41 Å². The molecule has 0 bridgehead atoms. The van der Waals surface area contributed by atoms with Gasteiger partial charge >= 0.3 is 0 Å². The zero-order chi connectivity index (χ0) is 15.7. The molecule has 1 N–H and O–H groups in total. The fraction of sp³-hybridized carbons (Fsp3) is 0.0625. The van der Waals surface area contributed by atoms with E-state index in [0.29, 0.717) is 14.8 Å². The molecule has 0 aliphatic heterocycles. The minimum absolute atomic E-state index is 0.402. The van der Waals surface area contributed by atoms with Crippen LogP contribution in [0.5, 0.6) is 5.75 Å². The van der Waals surface area contributed by atoms with E-state index in [0.717, 1.165) is 21.9 Å². The molecular formula is C16H12Cl2N2OS. The summed E-state index contributed by atoms with van der Waals surface area (Å²) in [5.41, 5.74) is 1.76. The van der Waals surface area contributed by atoms with Crippen molar-refractivity contribution in [2.75, 3.05) is 7.11 Å². The molecule has 22 heavy (non-hydrogen) atoms. The topological polar surface area (TPSA) is 38.0 Å². The minimum atomic E-state index is 0.402. The Labute approximate surface area is 141 Å². The Morgan fingerprint density at radius 1 is 1.09 bits per heavy atom. The highest BCUT2D eigenvalue weighted by atomic mass is 35.5. The van der Waals surface area contributed by atoms with Crippen LogP contribution in [0.15, 0.2) is 48.7 Å².